The molecule has 0 aromatic heterocycles. The van der Waals surface area contributed by atoms with E-state index in [1.165, 1.54) is 96.4 Å². The third kappa shape index (κ3) is 8.10. The Morgan fingerprint density at radius 1 is 0.672 bits per heavy atom. The molecule has 0 amide bonds. The van der Waals surface area contributed by atoms with Crippen LogP contribution in [0.4, 0.5) is 0 Å². The van der Waals surface area contributed by atoms with Crippen LogP contribution in [0.15, 0.2) is 109 Å². The molecule has 0 radical (unpaired) electrons. The van der Waals surface area contributed by atoms with Crippen LogP contribution in [-0.2, 0) is 24.2 Å². The van der Waals surface area contributed by atoms with Gasteiger partial charge < -0.3 is 24.8 Å². The monoisotopic (exact) mass is 920 g/mol. The summed E-state index contributed by atoms with van der Waals surface area (Å²) < 4.78 is 1.42. The van der Waals surface area contributed by atoms with Crippen LogP contribution >= 0.6 is 0 Å². The second-order valence-electron chi connectivity index (χ2n) is 19.9. The molecule has 12 rings (SSSR count). The molecular weight excluding hydrogens is 859 g/mol. The molecule has 0 heterocycles. The van der Waals surface area contributed by atoms with Crippen molar-refractivity contribution in [1.82, 2.24) is 0 Å². The number of hydrogen-bond acceptors (Lipinski definition) is 0. The quantitative estimate of drug-likeness (QED) is 0.159. The Hall–Kier alpha value is -2.96. The average molecular weight is 923 g/mol. The number of halogens is 2. The van der Waals surface area contributed by atoms with Gasteiger partial charge in [0.25, 0.3) is 0 Å². The molecule has 5 aromatic rings. The molecule has 7 aliphatic rings. The van der Waals surface area contributed by atoms with Crippen LogP contribution in [0, 0.1) is 73.7 Å². The van der Waals surface area contributed by atoms with Gasteiger partial charge in [-0.1, -0.05) is 131 Å². The van der Waals surface area contributed by atoms with E-state index in [0.717, 1.165) is 17.8 Å². The summed E-state index contributed by atoms with van der Waals surface area (Å²) in [5.41, 5.74) is 18.7. The number of hydrogen-bond donors (Lipinski definition) is 0. The fourth-order valence-electron chi connectivity index (χ4n) is 13.2. The van der Waals surface area contributed by atoms with E-state index in [4.69, 9.17) is 0 Å². The Labute approximate surface area is 395 Å². The van der Waals surface area contributed by atoms with Crippen molar-refractivity contribution < 1.29 is 49.0 Å². The van der Waals surface area contributed by atoms with Gasteiger partial charge in [0, 0.05) is 0 Å². The third-order valence-corrected chi connectivity index (χ3v) is 17.9. The molecule has 0 N–H and O–H groups in total. The summed E-state index contributed by atoms with van der Waals surface area (Å²) in [5, 5.41) is 2.93. The first-order valence-corrected chi connectivity index (χ1v) is 24.1. The third-order valence-electron chi connectivity index (χ3n) is 16.5. The van der Waals surface area contributed by atoms with E-state index in [0.29, 0.717) is 35.0 Å². The van der Waals surface area contributed by atoms with Crippen molar-refractivity contribution >= 4 is 14.0 Å². The first kappa shape index (κ1) is 46.0. The summed E-state index contributed by atoms with van der Waals surface area (Å²) >= 11 is 1.46. The van der Waals surface area contributed by atoms with Gasteiger partial charge in [-0.05, 0) is 96.9 Å². The van der Waals surface area contributed by atoms with E-state index in [2.05, 4.69) is 172 Å². The van der Waals surface area contributed by atoms with Gasteiger partial charge in [0.05, 0.1) is 0 Å². The van der Waals surface area contributed by atoms with Gasteiger partial charge in [0.2, 0.25) is 0 Å². The standard InChI is InChI=1S/C29H33.C16H21.C13H10.2ClH.Zr/c1-14-13-24-25(18(5)15(14)2)21(8)28-27-20(7)17(4)16(3)19(6)26(27)22-11-9-10-12-23(22)29(24)28;1-11-2-3-15(4-11)16-8-12-5-13(9-16)7-14(6-12)10-16;1-3-7-12(8-4-1)11-13-9-5-2-6-10-13;;;/h9-13,16-17,19,21H,1-8H3;3-4,11-14H,5-10H2,1H3;1-10H;2*1H;/q2*-1;;;;+2/p-2. The summed E-state index contributed by atoms with van der Waals surface area (Å²) in [5.74, 6) is 7.71. The molecule has 5 aromatic carbocycles. The summed E-state index contributed by atoms with van der Waals surface area (Å²) in [7, 11) is 0. The number of fused-ring (bicyclic) bond motifs is 8. The molecule has 4 saturated carbocycles. The van der Waals surface area contributed by atoms with Gasteiger partial charge in [-0.2, -0.15) is 23.1 Å². The molecule has 3 heteroatoms. The zero-order valence-electron chi connectivity index (χ0n) is 37.9. The van der Waals surface area contributed by atoms with Crippen LogP contribution in [0.3, 0.4) is 0 Å². The summed E-state index contributed by atoms with van der Waals surface area (Å²) in [6, 6.07) is 32.8. The summed E-state index contributed by atoms with van der Waals surface area (Å²) in [6.45, 7) is 21.4. The zero-order chi connectivity index (χ0) is 41.3. The topological polar surface area (TPSA) is 0 Å². The maximum atomic E-state index is 3.48. The first-order chi connectivity index (χ1) is 28.4. The normalized spacial score (nSPS) is 28.2. The Balaban J connectivity index is 0.000000148. The molecule has 0 aliphatic heterocycles. The van der Waals surface area contributed by atoms with Crippen molar-refractivity contribution in [2.45, 2.75) is 113 Å². The molecule has 5 unspecified atom stereocenters. The van der Waals surface area contributed by atoms with Crippen LogP contribution < -0.4 is 24.8 Å². The van der Waals surface area contributed by atoms with Gasteiger partial charge in [-0.15, -0.1) is 11.1 Å². The van der Waals surface area contributed by atoms with Gasteiger partial charge >= 0.3 is 99.2 Å². The van der Waals surface area contributed by atoms with Crippen LogP contribution in [0.5, 0.6) is 0 Å². The van der Waals surface area contributed by atoms with Crippen molar-refractivity contribution in [3.05, 3.63) is 171 Å². The fraction of sp³-hybridized carbons (Fsp3) is 0.414. The molecule has 7 aliphatic carbocycles. The SMILES string of the molecule is CC1[C-]=CC(C23CC4CC(CC(C4)C2)C3)=C1.Cc1cc2c(c(C)c1C)C(C)c1c3c(c4ccccc4c1-2)C(C)C(C)C(C)[C-]3C.[Cl-].[Cl-].[Zr+2]=[C](c1ccccc1)c1ccccc1. The minimum absolute atomic E-state index is 0. The van der Waals surface area contributed by atoms with E-state index >= 15 is 0 Å². The van der Waals surface area contributed by atoms with E-state index < -0.39 is 0 Å². The van der Waals surface area contributed by atoms with Crippen molar-refractivity contribution in [3.63, 3.8) is 0 Å². The number of rotatable bonds is 3. The summed E-state index contributed by atoms with van der Waals surface area (Å²) in [4.78, 5) is 0. The number of allylic oxidation sites excluding steroid dienone is 4. The molecule has 4 bridgehead atoms. The van der Waals surface area contributed by atoms with Crippen molar-refractivity contribution in [2.75, 3.05) is 0 Å². The number of benzene rings is 5. The van der Waals surface area contributed by atoms with E-state index in [-0.39, 0.29) is 24.8 Å². The fourth-order valence-corrected chi connectivity index (χ4v) is 14.0. The average Bonchev–Trinajstić information content (AvgIpc) is 3.82. The van der Waals surface area contributed by atoms with E-state index in [9.17, 15) is 0 Å². The minimum atomic E-state index is 0. The van der Waals surface area contributed by atoms with Crippen molar-refractivity contribution in [1.29, 1.82) is 0 Å². The molecular formula is C58H64Cl2Zr-2. The van der Waals surface area contributed by atoms with Crippen LogP contribution in [-0.4, -0.2) is 3.21 Å². The number of aryl methyl sites for hydroxylation is 1. The van der Waals surface area contributed by atoms with E-state index in [1.807, 2.05) is 0 Å². The molecule has 316 valence electrons. The van der Waals surface area contributed by atoms with Gasteiger partial charge in [0.15, 0.2) is 0 Å². The van der Waals surface area contributed by atoms with Crippen LogP contribution in [0.2, 0.25) is 0 Å². The Morgan fingerprint density at radius 2 is 1.20 bits per heavy atom. The molecule has 5 atom stereocenters. The van der Waals surface area contributed by atoms with Gasteiger partial charge in [0.1, 0.15) is 0 Å². The molecule has 0 nitrogen and oxygen atoms in total. The Morgan fingerprint density at radius 3 is 1.72 bits per heavy atom. The zero-order valence-corrected chi connectivity index (χ0v) is 41.9. The molecule has 0 saturated heterocycles. The Kier molecular flexibility index (Phi) is 13.8. The van der Waals surface area contributed by atoms with Crippen molar-refractivity contribution in [3.8, 4) is 11.1 Å². The second kappa shape index (κ2) is 18.3. The molecule has 0 spiro atoms. The summed E-state index contributed by atoms with van der Waals surface area (Å²) in [6.07, 6.45) is 17.4. The van der Waals surface area contributed by atoms with Crippen LogP contribution in [0.25, 0.3) is 21.9 Å². The second-order valence-corrected chi connectivity index (χ2v) is 21.1. The Bertz CT molecular complexity index is 2400. The molecule has 61 heavy (non-hydrogen) atoms. The van der Waals surface area contributed by atoms with Gasteiger partial charge in [-0.25, -0.2) is 6.08 Å². The first-order valence-electron chi connectivity index (χ1n) is 22.9. The van der Waals surface area contributed by atoms with Crippen LogP contribution in [0.1, 0.15) is 142 Å². The van der Waals surface area contributed by atoms with Gasteiger partial charge in [-0.3, -0.25) is 6.08 Å². The molecule has 4 fully saturated rings. The van der Waals surface area contributed by atoms with Crippen molar-refractivity contribution in [2.24, 2.45) is 40.9 Å². The predicted molar refractivity (Wildman–Crippen MR) is 248 cm³/mol. The van der Waals surface area contributed by atoms with E-state index in [1.54, 1.807) is 53.0 Å². The maximum absolute atomic E-state index is 3.48. The predicted octanol–water partition coefficient (Wildman–Crippen LogP) is 9.18.